The van der Waals surface area contributed by atoms with Crippen LogP contribution in [0.1, 0.15) is 103 Å². The monoisotopic (exact) mass is 354 g/mol. The van der Waals surface area contributed by atoms with E-state index in [0.717, 1.165) is 19.3 Å². The Hall–Kier alpha value is 1.31. The standard InChI is InChI=1S/C18H36O3P.Na/c1-2-3-4-5-6-7-8-9-10-14-17-20-22(19)21-18-15-12-11-13-16-18;/h18H,2-17H2,1H3;/q-1;+1. The zero-order chi connectivity index (χ0) is 15.9. The van der Waals surface area contributed by atoms with Crippen molar-refractivity contribution >= 4 is 8.60 Å². The Morgan fingerprint density at radius 3 is 1.91 bits per heavy atom. The summed E-state index contributed by atoms with van der Waals surface area (Å²) >= 11 is 0. The maximum atomic E-state index is 11.7. The minimum atomic E-state index is -1.89. The van der Waals surface area contributed by atoms with E-state index < -0.39 is 8.60 Å². The maximum Gasteiger partial charge on any atom is 1.00 e. The quantitative estimate of drug-likeness (QED) is 0.274. The molecular weight excluding hydrogens is 318 g/mol. The molecule has 23 heavy (non-hydrogen) atoms. The van der Waals surface area contributed by atoms with Crippen LogP contribution in [0.15, 0.2) is 0 Å². The van der Waals surface area contributed by atoms with Gasteiger partial charge in [-0.2, -0.15) is 0 Å². The Balaban J connectivity index is 0.00000484. The number of hydrogen-bond donors (Lipinski definition) is 0. The molecule has 0 bridgehead atoms. The van der Waals surface area contributed by atoms with E-state index in [-0.39, 0.29) is 35.7 Å². The smallest absolute Gasteiger partial charge is 0.786 e. The predicted molar refractivity (Wildman–Crippen MR) is 92.7 cm³/mol. The van der Waals surface area contributed by atoms with E-state index in [4.69, 9.17) is 9.05 Å². The second-order valence-corrected chi connectivity index (χ2v) is 7.52. The van der Waals surface area contributed by atoms with Crippen molar-refractivity contribution in [3.63, 3.8) is 0 Å². The van der Waals surface area contributed by atoms with Gasteiger partial charge >= 0.3 is 29.6 Å². The van der Waals surface area contributed by atoms with Gasteiger partial charge in [0.05, 0.1) is 21.3 Å². The molecule has 132 valence electrons. The molecule has 1 unspecified atom stereocenters. The molecule has 0 aromatic rings. The summed E-state index contributed by atoms with van der Waals surface area (Å²) in [6.07, 6.45) is 19.0. The van der Waals surface area contributed by atoms with E-state index in [9.17, 15) is 4.89 Å². The van der Waals surface area contributed by atoms with Gasteiger partial charge in [0.1, 0.15) is 0 Å². The summed E-state index contributed by atoms with van der Waals surface area (Å²) in [5, 5.41) is 0. The first-order chi connectivity index (χ1) is 10.8. The molecule has 0 aromatic heterocycles. The van der Waals surface area contributed by atoms with Gasteiger partial charge in [-0.25, -0.2) is 0 Å². The fourth-order valence-corrected chi connectivity index (χ4v) is 3.84. The van der Waals surface area contributed by atoms with Crippen LogP contribution in [0.5, 0.6) is 0 Å². The molecule has 1 aliphatic carbocycles. The van der Waals surface area contributed by atoms with Crippen molar-refractivity contribution in [3.8, 4) is 0 Å². The van der Waals surface area contributed by atoms with Gasteiger partial charge in [-0.3, -0.25) is 0 Å². The topological polar surface area (TPSA) is 41.5 Å². The largest absolute Gasteiger partial charge is 1.00 e. The average molecular weight is 354 g/mol. The molecule has 0 spiro atoms. The molecule has 1 rings (SSSR count). The molecule has 1 fully saturated rings. The second kappa shape index (κ2) is 18.1. The maximum absolute atomic E-state index is 11.7. The number of hydrogen-bond acceptors (Lipinski definition) is 3. The van der Waals surface area contributed by atoms with Gasteiger partial charge in [-0.1, -0.05) is 84.0 Å². The minimum Gasteiger partial charge on any atom is -0.786 e. The molecule has 1 atom stereocenters. The molecule has 0 saturated heterocycles. The third kappa shape index (κ3) is 15.3. The molecule has 0 amide bonds. The van der Waals surface area contributed by atoms with Crippen molar-refractivity contribution in [2.24, 2.45) is 0 Å². The van der Waals surface area contributed by atoms with Crippen molar-refractivity contribution in [1.29, 1.82) is 0 Å². The van der Waals surface area contributed by atoms with Gasteiger partial charge in [0.25, 0.3) is 0 Å². The van der Waals surface area contributed by atoms with Crippen molar-refractivity contribution in [2.45, 2.75) is 109 Å². The van der Waals surface area contributed by atoms with Gasteiger partial charge in [0.15, 0.2) is 0 Å². The fourth-order valence-electron chi connectivity index (χ4n) is 3.05. The van der Waals surface area contributed by atoms with Gasteiger partial charge in [-0.15, -0.1) is 0 Å². The fraction of sp³-hybridized carbons (Fsp3) is 1.00. The molecule has 0 heterocycles. The minimum absolute atomic E-state index is 0. The molecule has 1 aliphatic rings. The second-order valence-electron chi connectivity index (χ2n) is 6.60. The first-order valence-corrected chi connectivity index (χ1v) is 10.7. The van der Waals surface area contributed by atoms with Crippen molar-refractivity contribution in [1.82, 2.24) is 0 Å². The first kappa shape index (κ1) is 24.3. The Bertz CT molecular complexity index is 238. The average Bonchev–Trinajstić information content (AvgIpc) is 2.53. The summed E-state index contributed by atoms with van der Waals surface area (Å²) in [6.45, 7) is 2.84. The van der Waals surface area contributed by atoms with E-state index in [0.29, 0.717) is 6.61 Å². The third-order valence-corrected chi connectivity index (χ3v) is 5.35. The Morgan fingerprint density at radius 2 is 1.35 bits per heavy atom. The van der Waals surface area contributed by atoms with Crippen molar-refractivity contribution < 1.29 is 43.5 Å². The Labute approximate surface area is 167 Å². The molecule has 3 nitrogen and oxygen atoms in total. The van der Waals surface area contributed by atoms with E-state index >= 15 is 0 Å². The zero-order valence-electron chi connectivity index (χ0n) is 15.6. The van der Waals surface area contributed by atoms with Crippen LogP contribution in [0, 0.1) is 0 Å². The molecule has 0 aromatic carbocycles. The van der Waals surface area contributed by atoms with Crippen LogP contribution in [0.3, 0.4) is 0 Å². The molecule has 5 heteroatoms. The van der Waals surface area contributed by atoms with Crippen LogP contribution in [0.2, 0.25) is 0 Å². The van der Waals surface area contributed by atoms with Gasteiger partial charge < -0.3 is 13.9 Å². The molecule has 0 radical (unpaired) electrons. The van der Waals surface area contributed by atoms with E-state index in [2.05, 4.69) is 6.92 Å². The van der Waals surface area contributed by atoms with Gasteiger partial charge in [0.2, 0.25) is 0 Å². The summed E-state index contributed by atoms with van der Waals surface area (Å²) in [5.74, 6) is 0. The molecule has 1 saturated carbocycles. The van der Waals surface area contributed by atoms with Crippen LogP contribution in [-0.2, 0) is 9.05 Å². The number of rotatable bonds is 14. The summed E-state index contributed by atoms with van der Waals surface area (Å²) in [5.41, 5.74) is 0. The summed E-state index contributed by atoms with van der Waals surface area (Å²) in [6, 6.07) is 0. The summed E-state index contributed by atoms with van der Waals surface area (Å²) in [7, 11) is -1.89. The van der Waals surface area contributed by atoms with Crippen LogP contribution in [0.25, 0.3) is 0 Å². The van der Waals surface area contributed by atoms with Crippen LogP contribution >= 0.6 is 8.60 Å². The SMILES string of the molecule is CCCCCCCCCCCCOP([O-])OC1CCCCC1.[Na+]. The van der Waals surface area contributed by atoms with E-state index in [1.54, 1.807) is 0 Å². The molecule has 0 aliphatic heterocycles. The normalized spacial score (nSPS) is 17.0. The van der Waals surface area contributed by atoms with E-state index in [1.807, 2.05) is 0 Å². The van der Waals surface area contributed by atoms with E-state index in [1.165, 1.54) is 77.0 Å². The van der Waals surface area contributed by atoms with Crippen LogP contribution in [0.4, 0.5) is 0 Å². The Kier molecular flexibility index (Phi) is 19.1. The van der Waals surface area contributed by atoms with Gasteiger partial charge in [-0.05, 0) is 19.3 Å². The Morgan fingerprint density at radius 1 is 0.826 bits per heavy atom. The van der Waals surface area contributed by atoms with Crippen LogP contribution < -0.4 is 34.5 Å². The molecule has 0 N–H and O–H groups in total. The number of unbranched alkanes of at least 4 members (excludes halogenated alkanes) is 9. The molecular formula is C18H36NaO3P. The predicted octanol–water partition coefficient (Wildman–Crippen LogP) is 2.86. The summed E-state index contributed by atoms with van der Waals surface area (Å²) < 4.78 is 10.8. The van der Waals surface area contributed by atoms with Crippen molar-refractivity contribution in [2.75, 3.05) is 6.61 Å². The van der Waals surface area contributed by atoms with Gasteiger partial charge in [0, 0.05) is 0 Å². The summed E-state index contributed by atoms with van der Waals surface area (Å²) in [4.78, 5) is 11.7. The van der Waals surface area contributed by atoms with Crippen LogP contribution in [-0.4, -0.2) is 12.7 Å². The first-order valence-electron chi connectivity index (χ1n) is 9.60. The zero-order valence-corrected chi connectivity index (χ0v) is 18.5. The van der Waals surface area contributed by atoms with Crippen molar-refractivity contribution in [3.05, 3.63) is 0 Å². The third-order valence-electron chi connectivity index (χ3n) is 4.48.